The molecule has 6 nitrogen and oxygen atoms in total. The van der Waals surface area contributed by atoms with Gasteiger partial charge < -0.3 is 4.74 Å². The molecule has 9 heteroatoms. The maximum atomic E-state index is 13.0. The lowest BCUT2D eigenvalue weighted by Crippen LogP contribution is -2.27. The molecule has 0 atom stereocenters. The van der Waals surface area contributed by atoms with Gasteiger partial charge in [0.15, 0.2) is 4.32 Å². The topological polar surface area (TPSA) is 72.7 Å². The number of thioether (sulfide) groups is 1. The number of carbonyl (C=O) groups excluding carboxylic acids is 1. The molecule has 4 rings (SSSR count). The van der Waals surface area contributed by atoms with Crippen molar-refractivity contribution in [1.29, 1.82) is 0 Å². The van der Waals surface area contributed by atoms with E-state index in [1.165, 1.54) is 28.8 Å². The van der Waals surface area contributed by atoms with Gasteiger partial charge in [0, 0.05) is 22.7 Å². The summed E-state index contributed by atoms with van der Waals surface area (Å²) in [5.41, 5.74) is 2.13. The summed E-state index contributed by atoms with van der Waals surface area (Å²) < 4.78 is 6.37. The summed E-state index contributed by atoms with van der Waals surface area (Å²) in [6.07, 6.45) is 1.71. The van der Waals surface area contributed by atoms with E-state index in [1.54, 1.807) is 36.4 Å². The monoisotopic (exact) mass is 482 g/mol. The second-order valence-electron chi connectivity index (χ2n) is 6.75. The van der Waals surface area contributed by atoms with Gasteiger partial charge in [-0.15, -0.1) is 0 Å². The van der Waals surface area contributed by atoms with Gasteiger partial charge in [0.2, 0.25) is 0 Å². The van der Waals surface area contributed by atoms with Crippen molar-refractivity contribution >= 4 is 63.3 Å². The Morgan fingerprint density at radius 3 is 2.50 bits per heavy atom. The second kappa shape index (κ2) is 9.52. The van der Waals surface area contributed by atoms with Crippen molar-refractivity contribution in [3.05, 3.63) is 104 Å². The number of carbonyl (C=O) groups is 1. The first kappa shape index (κ1) is 22.0. The van der Waals surface area contributed by atoms with Crippen LogP contribution < -0.4 is 9.64 Å². The molecule has 0 saturated carbocycles. The van der Waals surface area contributed by atoms with Crippen LogP contribution in [0, 0.1) is 10.1 Å². The smallest absolute Gasteiger partial charge is 0.270 e. The average Bonchev–Trinajstić information content (AvgIpc) is 3.06. The van der Waals surface area contributed by atoms with Gasteiger partial charge in [-0.25, -0.2) is 0 Å². The summed E-state index contributed by atoms with van der Waals surface area (Å²) >= 11 is 12.8. The van der Waals surface area contributed by atoms with Crippen molar-refractivity contribution in [3.63, 3.8) is 0 Å². The van der Waals surface area contributed by atoms with Crippen LogP contribution in [0.25, 0.3) is 6.08 Å². The lowest BCUT2D eigenvalue weighted by Gasteiger charge is -2.14. The van der Waals surface area contributed by atoms with Gasteiger partial charge in [-0.3, -0.25) is 19.8 Å². The predicted molar refractivity (Wildman–Crippen MR) is 131 cm³/mol. The molecule has 0 N–H and O–H groups in total. The Bertz CT molecular complexity index is 1230. The van der Waals surface area contributed by atoms with Crippen LogP contribution in [0.4, 0.5) is 11.4 Å². The van der Waals surface area contributed by atoms with E-state index in [9.17, 15) is 14.9 Å². The minimum atomic E-state index is -0.451. The van der Waals surface area contributed by atoms with E-state index in [1.807, 2.05) is 30.3 Å². The van der Waals surface area contributed by atoms with Crippen LogP contribution in [0.3, 0.4) is 0 Å². The number of ether oxygens (including phenoxy) is 1. The molecule has 3 aromatic rings. The molecule has 1 aliphatic rings. The first-order valence-corrected chi connectivity index (χ1v) is 11.0. The molecule has 3 aromatic carbocycles. The minimum Gasteiger partial charge on any atom is -0.488 e. The van der Waals surface area contributed by atoms with Crippen molar-refractivity contribution in [3.8, 4) is 5.75 Å². The number of nitro groups is 1. The molecule has 0 unspecified atom stereocenters. The molecule has 0 spiro atoms. The summed E-state index contributed by atoms with van der Waals surface area (Å²) in [5, 5.41) is 11.3. The molecule has 1 fully saturated rings. The highest BCUT2D eigenvalue weighted by atomic mass is 35.5. The van der Waals surface area contributed by atoms with Gasteiger partial charge in [0.1, 0.15) is 12.4 Å². The molecule has 1 aliphatic heterocycles. The highest BCUT2D eigenvalue weighted by Gasteiger charge is 2.33. The number of thiocarbonyl (C=S) groups is 1. The number of para-hydroxylation sites is 1. The molecule has 0 aromatic heterocycles. The van der Waals surface area contributed by atoms with Crippen LogP contribution in [0.1, 0.15) is 11.1 Å². The van der Waals surface area contributed by atoms with Crippen LogP contribution in [0.5, 0.6) is 5.75 Å². The van der Waals surface area contributed by atoms with E-state index in [2.05, 4.69) is 0 Å². The Kier molecular flexibility index (Phi) is 6.55. The number of rotatable bonds is 6. The Morgan fingerprint density at radius 1 is 1.09 bits per heavy atom. The van der Waals surface area contributed by atoms with E-state index in [-0.39, 0.29) is 18.2 Å². The van der Waals surface area contributed by atoms with Crippen molar-refractivity contribution in [1.82, 2.24) is 0 Å². The Morgan fingerprint density at radius 2 is 1.81 bits per heavy atom. The number of amides is 1. The van der Waals surface area contributed by atoms with E-state index in [0.717, 1.165) is 5.56 Å². The fourth-order valence-electron chi connectivity index (χ4n) is 3.05. The summed E-state index contributed by atoms with van der Waals surface area (Å²) in [5.74, 6) is 0.310. The van der Waals surface area contributed by atoms with Gasteiger partial charge in [-0.2, -0.15) is 0 Å². The lowest BCUT2D eigenvalue weighted by molar-refractivity contribution is -0.384. The Hall–Kier alpha value is -3.20. The molecular formula is C23H15ClN2O4S2. The zero-order valence-corrected chi connectivity index (χ0v) is 18.8. The van der Waals surface area contributed by atoms with Gasteiger partial charge in [0.05, 0.1) is 15.5 Å². The van der Waals surface area contributed by atoms with Crippen LogP contribution in [-0.2, 0) is 11.4 Å². The molecule has 0 radical (unpaired) electrons. The molecule has 32 heavy (non-hydrogen) atoms. The lowest BCUT2D eigenvalue weighted by atomic mass is 10.1. The number of benzene rings is 3. The maximum absolute atomic E-state index is 13.0. The average molecular weight is 483 g/mol. The summed E-state index contributed by atoms with van der Waals surface area (Å²) in [4.78, 5) is 25.3. The SMILES string of the molecule is O=C1C(=Cc2cc(Cl)ccc2OCc2ccc([N+](=O)[O-])cc2)SC(=S)N1c1ccccc1. The van der Waals surface area contributed by atoms with Gasteiger partial charge in [0.25, 0.3) is 11.6 Å². The first-order chi connectivity index (χ1) is 15.4. The number of non-ortho nitro benzene ring substituents is 1. The number of hydrogen-bond donors (Lipinski definition) is 0. The normalized spacial score (nSPS) is 14.8. The van der Waals surface area contributed by atoms with Crippen LogP contribution in [-0.4, -0.2) is 15.2 Å². The van der Waals surface area contributed by atoms with Crippen LogP contribution >= 0.6 is 35.6 Å². The second-order valence-corrected chi connectivity index (χ2v) is 8.86. The van der Waals surface area contributed by atoms with E-state index < -0.39 is 4.92 Å². The standard InChI is InChI=1S/C23H15ClN2O4S2/c24-17-8-11-20(30-14-15-6-9-19(10-7-15)26(28)29)16(12-17)13-21-22(27)25(23(31)32-21)18-4-2-1-3-5-18/h1-13H,14H2. The van der Waals surface area contributed by atoms with E-state index in [4.69, 9.17) is 28.6 Å². The van der Waals surface area contributed by atoms with Gasteiger partial charge in [-0.1, -0.05) is 53.8 Å². The van der Waals surface area contributed by atoms with Crippen molar-refractivity contribution in [2.24, 2.45) is 0 Å². The molecule has 1 saturated heterocycles. The van der Waals surface area contributed by atoms with Crippen LogP contribution in [0.2, 0.25) is 5.02 Å². The first-order valence-electron chi connectivity index (χ1n) is 9.41. The largest absolute Gasteiger partial charge is 0.488 e. The molecule has 160 valence electrons. The van der Waals surface area contributed by atoms with Crippen molar-refractivity contribution in [2.45, 2.75) is 6.61 Å². The van der Waals surface area contributed by atoms with Gasteiger partial charge in [-0.05, 0) is 54.1 Å². The third kappa shape index (κ3) is 4.83. The van der Waals surface area contributed by atoms with E-state index in [0.29, 0.717) is 31.2 Å². The minimum absolute atomic E-state index is 0.0152. The Labute approximate surface area is 198 Å². The fraction of sp³-hybridized carbons (Fsp3) is 0.0435. The Balaban J connectivity index is 1.57. The third-order valence-corrected chi connectivity index (χ3v) is 6.15. The van der Waals surface area contributed by atoms with E-state index >= 15 is 0 Å². The zero-order valence-electron chi connectivity index (χ0n) is 16.4. The molecule has 0 aliphatic carbocycles. The highest BCUT2D eigenvalue weighted by molar-refractivity contribution is 8.27. The molecule has 1 amide bonds. The molecule has 1 heterocycles. The number of anilines is 1. The zero-order chi connectivity index (χ0) is 22.7. The summed E-state index contributed by atoms with van der Waals surface area (Å²) in [6, 6.07) is 20.5. The van der Waals surface area contributed by atoms with Gasteiger partial charge >= 0.3 is 0 Å². The summed E-state index contributed by atoms with van der Waals surface area (Å²) in [6.45, 7) is 0.200. The van der Waals surface area contributed by atoms with Crippen molar-refractivity contribution < 1.29 is 14.5 Å². The maximum Gasteiger partial charge on any atom is 0.270 e. The third-order valence-electron chi connectivity index (χ3n) is 4.61. The fourth-order valence-corrected chi connectivity index (χ4v) is 4.52. The summed E-state index contributed by atoms with van der Waals surface area (Å²) in [7, 11) is 0. The molecular weight excluding hydrogens is 468 g/mol. The van der Waals surface area contributed by atoms with Crippen LogP contribution in [0.15, 0.2) is 77.7 Å². The number of hydrogen-bond acceptors (Lipinski definition) is 6. The van der Waals surface area contributed by atoms with Crippen molar-refractivity contribution in [2.75, 3.05) is 4.90 Å². The number of halogens is 1. The molecule has 0 bridgehead atoms. The number of nitro benzene ring substituents is 1. The predicted octanol–water partition coefficient (Wildman–Crippen LogP) is 6.23. The number of nitrogens with zero attached hydrogens (tertiary/aromatic N) is 2. The quantitative estimate of drug-likeness (QED) is 0.179. The highest BCUT2D eigenvalue weighted by Crippen LogP contribution is 2.37.